The fourth-order valence-corrected chi connectivity index (χ4v) is 5.47. The highest BCUT2D eigenvalue weighted by Crippen LogP contribution is 2.37. The molecule has 1 aliphatic carbocycles. The molecule has 0 bridgehead atoms. The Balaban J connectivity index is 1.36. The van der Waals surface area contributed by atoms with Gasteiger partial charge in [-0.15, -0.1) is 0 Å². The smallest absolute Gasteiger partial charge is 0.255 e. The van der Waals surface area contributed by atoms with Crippen molar-refractivity contribution in [1.82, 2.24) is 40.0 Å². The molecule has 5 aromatic rings. The zero-order valence-electron chi connectivity index (χ0n) is 21.6. The molecule has 204 valence electrons. The van der Waals surface area contributed by atoms with Crippen LogP contribution in [0.15, 0.2) is 55.1 Å². The third-order valence-corrected chi connectivity index (χ3v) is 7.27. The number of carbonyl (C=O) groups excluding carboxylic acids is 1. The van der Waals surface area contributed by atoms with Crippen molar-refractivity contribution >= 4 is 28.5 Å². The zero-order chi connectivity index (χ0) is 27.6. The lowest BCUT2D eigenvalue weighted by Crippen LogP contribution is -2.39. The number of halogens is 2. The molecule has 6 rings (SSSR count). The van der Waals surface area contributed by atoms with Crippen LogP contribution in [-0.4, -0.2) is 53.3 Å². The van der Waals surface area contributed by atoms with Crippen molar-refractivity contribution in [2.75, 3.05) is 6.61 Å². The first-order valence-electron chi connectivity index (χ1n) is 13.1. The maximum atomic E-state index is 15.0. The maximum absolute atomic E-state index is 15.0. The number of hydrogen-bond donors (Lipinski definition) is 2. The monoisotopic (exact) mass is 560 g/mol. The number of fused-ring (bicyclic) bond motifs is 1. The molecule has 1 aliphatic rings. The summed E-state index contributed by atoms with van der Waals surface area (Å²) in [7, 11) is 0. The number of aromatic nitrogens is 7. The minimum absolute atomic E-state index is 0.0869. The Kier molecular flexibility index (Phi) is 7.12. The summed E-state index contributed by atoms with van der Waals surface area (Å²) in [5.74, 6) is 0.695. The molecule has 0 spiro atoms. The zero-order valence-corrected chi connectivity index (χ0v) is 22.4. The SMILES string of the molecule is CCOc1ccc(Cl)cc1C(=O)N[C@H]1CCC[C@@H](n2c(-c3ncccc3F)nc3cnc(-c4ncn[nH]4)cc32)C1. The second-order valence-electron chi connectivity index (χ2n) is 9.60. The van der Waals surface area contributed by atoms with E-state index in [1.54, 1.807) is 36.7 Å². The van der Waals surface area contributed by atoms with Crippen LogP contribution in [0.3, 0.4) is 0 Å². The van der Waals surface area contributed by atoms with E-state index in [4.69, 9.17) is 21.3 Å². The molecule has 0 radical (unpaired) electrons. The number of hydrogen-bond acceptors (Lipinski definition) is 7. The minimum atomic E-state index is -0.465. The normalized spacial score (nSPS) is 17.2. The van der Waals surface area contributed by atoms with Gasteiger partial charge in [0.15, 0.2) is 17.5 Å². The van der Waals surface area contributed by atoms with Crippen molar-refractivity contribution in [2.45, 2.75) is 44.7 Å². The van der Waals surface area contributed by atoms with Gasteiger partial charge in [0, 0.05) is 23.3 Å². The van der Waals surface area contributed by atoms with E-state index in [0.29, 0.717) is 52.2 Å². The maximum Gasteiger partial charge on any atom is 0.255 e. The fraction of sp³-hybridized carbons (Fsp3) is 0.286. The van der Waals surface area contributed by atoms with Gasteiger partial charge in [0.05, 0.1) is 23.9 Å². The first-order valence-corrected chi connectivity index (χ1v) is 13.5. The van der Waals surface area contributed by atoms with Gasteiger partial charge in [-0.05, 0) is 69.0 Å². The number of imidazole rings is 1. The van der Waals surface area contributed by atoms with Crippen molar-refractivity contribution in [3.05, 3.63) is 71.5 Å². The molecule has 40 heavy (non-hydrogen) atoms. The van der Waals surface area contributed by atoms with Crippen molar-refractivity contribution in [2.24, 2.45) is 0 Å². The summed E-state index contributed by atoms with van der Waals surface area (Å²) in [6.45, 7) is 2.29. The van der Waals surface area contributed by atoms with Crippen molar-refractivity contribution in [3.8, 4) is 28.8 Å². The van der Waals surface area contributed by atoms with Crippen LogP contribution < -0.4 is 10.1 Å². The number of amides is 1. The van der Waals surface area contributed by atoms with E-state index in [1.165, 1.54) is 12.4 Å². The van der Waals surface area contributed by atoms with E-state index in [1.807, 2.05) is 17.6 Å². The third kappa shape index (κ3) is 5.00. The van der Waals surface area contributed by atoms with Crippen LogP contribution in [0, 0.1) is 5.82 Å². The minimum Gasteiger partial charge on any atom is -0.493 e. The van der Waals surface area contributed by atoms with Crippen LogP contribution in [0.25, 0.3) is 34.1 Å². The highest BCUT2D eigenvalue weighted by atomic mass is 35.5. The molecule has 2 N–H and O–H groups in total. The Morgan fingerprint density at radius 1 is 1.23 bits per heavy atom. The molecule has 4 aromatic heterocycles. The summed E-state index contributed by atoms with van der Waals surface area (Å²) in [6, 6.07) is 9.59. The molecule has 0 saturated heterocycles. The van der Waals surface area contributed by atoms with Gasteiger partial charge in [-0.1, -0.05) is 11.6 Å². The Labute approximate surface area is 234 Å². The van der Waals surface area contributed by atoms with Gasteiger partial charge < -0.3 is 14.6 Å². The molecule has 0 aliphatic heterocycles. The number of H-pyrrole nitrogens is 1. The van der Waals surface area contributed by atoms with Crippen molar-refractivity contribution in [3.63, 3.8) is 0 Å². The second kappa shape index (κ2) is 11.0. The quantitative estimate of drug-likeness (QED) is 0.274. The van der Waals surface area contributed by atoms with Crippen LogP contribution >= 0.6 is 11.6 Å². The molecule has 2 atom stereocenters. The standard InChI is InChI=1S/C28H26ClFN8O2/c1-2-40-24-9-8-16(29)11-19(24)28(39)35-17-5-3-6-18(12-17)38-23-13-21(26-33-15-34-37-26)32-14-22(23)36-27(38)25-20(30)7-4-10-31-25/h4,7-11,13-15,17-18H,2-3,5-6,12H2,1H3,(H,35,39)(H,33,34,37)/t17-,18+/m0/s1. The van der Waals surface area contributed by atoms with Gasteiger partial charge in [0.2, 0.25) is 0 Å². The molecule has 1 amide bonds. The first-order chi connectivity index (χ1) is 19.5. The average Bonchev–Trinajstić information content (AvgIpc) is 3.63. The number of aromatic amines is 1. The third-order valence-electron chi connectivity index (χ3n) is 7.04. The van der Waals surface area contributed by atoms with Gasteiger partial charge >= 0.3 is 0 Å². The molecular weight excluding hydrogens is 535 g/mol. The average molecular weight is 561 g/mol. The van der Waals surface area contributed by atoms with Crippen molar-refractivity contribution < 1.29 is 13.9 Å². The molecule has 12 heteroatoms. The van der Waals surface area contributed by atoms with Gasteiger partial charge in [0.1, 0.15) is 29.0 Å². The van der Waals surface area contributed by atoms with E-state index in [9.17, 15) is 9.18 Å². The molecule has 0 unspecified atom stereocenters. The number of benzene rings is 1. The van der Waals surface area contributed by atoms with E-state index in [2.05, 4.69) is 30.5 Å². The number of ether oxygens (including phenoxy) is 1. The first kappa shape index (κ1) is 25.9. The molecule has 1 saturated carbocycles. The second-order valence-corrected chi connectivity index (χ2v) is 10.0. The molecule has 1 fully saturated rings. The summed E-state index contributed by atoms with van der Waals surface area (Å²) < 4.78 is 22.7. The van der Waals surface area contributed by atoms with E-state index >= 15 is 0 Å². The predicted molar refractivity (Wildman–Crippen MR) is 147 cm³/mol. The Morgan fingerprint density at radius 3 is 2.92 bits per heavy atom. The molecule has 4 heterocycles. The predicted octanol–water partition coefficient (Wildman–Crippen LogP) is 5.38. The van der Waals surface area contributed by atoms with Gasteiger partial charge in [-0.25, -0.2) is 19.3 Å². The lowest BCUT2D eigenvalue weighted by atomic mass is 9.90. The van der Waals surface area contributed by atoms with Crippen LogP contribution in [0.2, 0.25) is 5.02 Å². The molecule has 1 aromatic carbocycles. The van der Waals surface area contributed by atoms with Crippen LogP contribution in [0.4, 0.5) is 4.39 Å². The number of carbonyl (C=O) groups is 1. The van der Waals surface area contributed by atoms with Gasteiger partial charge in [0.25, 0.3) is 5.91 Å². The Morgan fingerprint density at radius 2 is 2.12 bits per heavy atom. The topological polar surface area (TPSA) is 124 Å². The Hall–Kier alpha value is -4.38. The van der Waals surface area contributed by atoms with Gasteiger partial charge in [-0.2, -0.15) is 5.10 Å². The van der Waals surface area contributed by atoms with Crippen molar-refractivity contribution in [1.29, 1.82) is 0 Å². The van der Waals surface area contributed by atoms with Crippen LogP contribution in [0.5, 0.6) is 5.75 Å². The summed E-state index contributed by atoms with van der Waals surface area (Å²) in [4.78, 5) is 31.1. The summed E-state index contributed by atoms with van der Waals surface area (Å²) in [5, 5.41) is 10.4. The van der Waals surface area contributed by atoms with Crippen LogP contribution in [-0.2, 0) is 0 Å². The van der Waals surface area contributed by atoms with Gasteiger partial charge in [-0.3, -0.25) is 14.9 Å². The summed E-state index contributed by atoms with van der Waals surface area (Å²) >= 11 is 6.19. The van der Waals surface area contributed by atoms with Crippen LogP contribution in [0.1, 0.15) is 49.0 Å². The van der Waals surface area contributed by atoms with E-state index in [0.717, 1.165) is 24.8 Å². The molecule has 10 nitrogen and oxygen atoms in total. The fourth-order valence-electron chi connectivity index (χ4n) is 5.30. The lowest BCUT2D eigenvalue weighted by Gasteiger charge is -2.32. The number of nitrogens with zero attached hydrogens (tertiary/aromatic N) is 6. The number of pyridine rings is 2. The highest BCUT2D eigenvalue weighted by molar-refractivity contribution is 6.31. The number of rotatable bonds is 7. The lowest BCUT2D eigenvalue weighted by molar-refractivity contribution is 0.0917. The number of nitrogens with one attached hydrogen (secondary N) is 2. The van der Waals surface area contributed by atoms with E-state index < -0.39 is 5.82 Å². The highest BCUT2D eigenvalue weighted by Gasteiger charge is 2.30. The molecular formula is C28H26ClFN8O2. The summed E-state index contributed by atoms with van der Waals surface area (Å²) in [5.41, 5.74) is 2.51. The largest absolute Gasteiger partial charge is 0.493 e. The van der Waals surface area contributed by atoms with E-state index in [-0.39, 0.29) is 23.7 Å². The Bertz CT molecular complexity index is 1670. The summed E-state index contributed by atoms with van der Waals surface area (Å²) in [6.07, 6.45) is 7.70.